The average Bonchev–Trinajstić information content (AvgIpc) is 2.73. The van der Waals surface area contributed by atoms with Gasteiger partial charge < -0.3 is 10.6 Å². The van der Waals surface area contributed by atoms with Gasteiger partial charge in [-0.15, -0.1) is 0 Å². The Morgan fingerprint density at radius 2 is 0.964 bits per heavy atom. The van der Waals surface area contributed by atoms with Gasteiger partial charge in [-0.25, -0.2) is 0 Å². The van der Waals surface area contributed by atoms with Crippen LogP contribution in [0.4, 0.5) is 0 Å². The Hall–Kier alpha value is -2.42. The summed E-state index contributed by atoms with van der Waals surface area (Å²) < 4.78 is 0. The van der Waals surface area contributed by atoms with Gasteiger partial charge in [0, 0.05) is 25.2 Å². The van der Waals surface area contributed by atoms with Crippen molar-refractivity contribution in [2.75, 3.05) is 0 Å². The Morgan fingerprint density at radius 1 is 0.607 bits per heavy atom. The van der Waals surface area contributed by atoms with Gasteiger partial charge in [-0.2, -0.15) is 0 Å². The molecule has 3 aromatic rings. The molecule has 28 heavy (non-hydrogen) atoms. The van der Waals surface area contributed by atoms with Gasteiger partial charge in [0.1, 0.15) is 0 Å². The molecule has 2 heteroatoms. The molecule has 2 nitrogen and oxygen atoms in total. The van der Waals surface area contributed by atoms with Crippen LogP contribution in [0.25, 0.3) is 0 Å². The molecule has 146 valence electrons. The molecule has 0 aliphatic carbocycles. The second-order valence-electron chi connectivity index (χ2n) is 7.74. The van der Waals surface area contributed by atoms with Gasteiger partial charge in [-0.1, -0.05) is 72.8 Å². The monoisotopic (exact) mass is 372 g/mol. The maximum absolute atomic E-state index is 3.66. The fraction of sp³-hybridized carbons (Fsp3) is 0.308. The van der Waals surface area contributed by atoms with Gasteiger partial charge in [0.15, 0.2) is 0 Å². The van der Waals surface area contributed by atoms with E-state index in [4.69, 9.17) is 0 Å². The van der Waals surface area contributed by atoms with Crippen molar-refractivity contribution in [3.8, 4) is 0 Å². The summed E-state index contributed by atoms with van der Waals surface area (Å²) in [4.78, 5) is 0. The Morgan fingerprint density at radius 3 is 1.32 bits per heavy atom. The first-order chi connectivity index (χ1) is 13.5. The molecule has 2 unspecified atom stereocenters. The van der Waals surface area contributed by atoms with E-state index in [0.717, 1.165) is 13.1 Å². The van der Waals surface area contributed by atoms with E-state index >= 15 is 0 Å². The minimum atomic E-state index is 0.320. The quantitative estimate of drug-likeness (QED) is 0.506. The molecule has 0 spiro atoms. The van der Waals surface area contributed by atoms with E-state index in [2.05, 4.69) is 111 Å². The minimum absolute atomic E-state index is 0.320. The van der Waals surface area contributed by atoms with Crippen molar-refractivity contribution in [2.24, 2.45) is 0 Å². The van der Waals surface area contributed by atoms with Crippen molar-refractivity contribution in [2.45, 2.75) is 52.9 Å². The third-order valence-electron chi connectivity index (χ3n) is 5.50. The summed E-state index contributed by atoms with van der Waals surface area (Å²) >= 11 is 0. The molecule has 2 atom stereocenters. The molecule has 0 radical (unpaired) electrons. The smallest absolute Gasteiger partial charge is 0.0297 e. The fourth-order valence-corrected chi connectivity index (χ4v) is 3.75. The summed E-state index contributed by atoms with van der Waals surface area (Å²) in [6, 6.07) is 26.5. The van der Waals surface area contributed by atoms with Crippen molar-refractivity contribution < 1.29 is 0 Å². The topological polar surface area (TPSA) is 24.1 Å². The second kappa shape index (κ2) is 9.68. The van der Waals surface area contributed by atoms with E-state index < -0.39 is 0 Å². The lowest BCUT2D eigenvalue weighted by atomic mass is 9.93. The zero-order valence-electron chi connectivity index (χ0n) is 17.5. The third-order valence-corrected chi connectivity index (χ3v) is 5.50. The highest BCUT2D eigenvalue weighted by molar-refractivity contribution is 5.40. The molecular weight excluding hydrogens is 340 g/mol. The van der Waals surface area contributed by atoms with E-state index in [1.807, 2.05) is 0 Å². The lowest BCUT2D eigenvalue weighted by Gasteiger charge is -2.22. The first-order valence-electron chi connectivity index (χ1n) is 10.2. The third kappa shape index (κ3) is 5.31. The lowest BCUT2D eigenvalue weighted by molar-refractivity contribution is 0.562. The van der Waals surface area contributed by atoms with E-state index in [0.29, 0.717) is 12.1 Å². The van der Waals surface area contributed by atoms with E-state index in [9.17, 15) is 0 Å². The first-order valence-corrected chi connectivity index (χ1v) is 10.2. The normalized spacial score (nSPS) is 13.3. The van der Waals surface area contributed by atoms with Gasteiger partial charge in [0.05, 0.1) is 0 Å². The van der Waals surface area contributed by atoms with Crippen LogP contribution in [0.3, 0.4) is 0 Å². The molecule has 0 amide bonds. The van der Waals surface area contributed by atoms with Crippen molar-refractivity contribution >= 4 is 0 Å². The Kier molecular flexibility index (Phi) is 7.02. The molecule has 2 N–H and O–H groups in total. The summed E-state index contributed by atoms with van der Waals surface area (Å²) in [5, 5.41) is 7.33. The molecule has 0 fully saturated rings. The number of hydrogen-bond acceptors (Lipinski definition) is 2. The molecule has 0 aliphatic rings. The van der Waals surface area contributed by atoms with Gasteiger partial charge in [0.25, 0.3) is 0 Å². The highest BCUT2D eigenvalue weighted by Crippen LogP contribution is 2.26. The Balaban J connectivity index is 1.65. The summed E-state index contributed by atoms with van der Waals surface area (Å²) in [5.41, 5.74) is 8.10. The van der Waals surface area contributed by atoms with Gasteiger partial charge in [-0.3, -0.25) is 0 Å². The molecule has 0 aliphatic heterocycles. The molecule has 0 aromatic heterocycles. The van der Waals surface area contributed by atoms with Gasteiger partial charge >= 0.3 is 0 Å². The van der Waals surface area contributed by atoms with Crippen LogP contribution >= 0.6 is 0 Å². The van der Waals surface area contributed by atoms with Gasteiger partial charge in [0.2, 0.25) is 0 Å². The predicted molar refractivity (Wildman–Crippen MR) is 119 cm³/mol. The minimum Gasteiger partial charge on any atom is -0.306 e. The number of benzene rings is 3. The summed E-state index contributed by atoms with van der Waals surface area (Å²) in [6.07, 6.45) is 0. The fourth-order valence-electron chi connectivity index (χ4n) is 3.75. The molecule has 3 rings (SSSR count). The second-order valence-corrected chi connectivity index (χ2v) is 7.74. The summed E-state index contributed by atoms with van der Waals surface area (Å²) in [6.45, 7) is 10.7. The van der Waals surface area contributed by atoms with Crippen LogP contribution in [0.15, 0.2) is 72.8 Å². The zero-order chi connectivity index (χ0) is 19.9. The van der Waals surface area contributed by atoms with Crippen LogP contribution in [0.2, 0.25) is 0 Å². The highest BCUT2D eigenvalue weighted by Gasteiger charge is 2.14. The molecule has 0 saturated heterocycles. The number of rotatable bonds is 8. The van der Waals surface area contributed by atoms with Crippen LogP contribution in [0, 0.1) is 13.8 Å². The van der Waals surface area contributed by atoms with Crippen molar-refractivity contribution in [1.82, 2.24) is 10.6 Å². The van der Waals surface area contributed by atoms with Crippen LogP contribution in [0.5, 0.6) is 0 Å². The van der Waals surface area contributed by atoms with Gasteiger partial charge in [-0.05, 0) is 61.1 Å². The average molecular weight is 373 g/mol. The molecule has 3 aromatic carbocycles. The lowest BCUT2D eigenvalue weighted by Crippen LogP contribution is -2.21. The number of hydrogen-bond donors (Lipinski definition) is 2. The van der Waals surface area contributed by atoms with E-state index in [-0.39, 0.29) is 0 Å². The maximum atomic E-state index is 3.66. The summed E-state index contributed by atoms with van der Waals surface area (Å²) in [5.74, 6) is 0. The Bertz CT molecular complexity index is 796. The molecule has 0 heterocycles. The van der Waals surface area contributed by atoms with Crippen LogP contribution in [0.1, 0.15) is 59.3 Å². The van der Waals surface area contributed by atoms with E-state index in [1.165, 1.54) is 33.4 Å². The van der Waals surface area contributed by atoms with Crippen LogP contribution < -0.4 is 10.6 Å². The maximum Gasteiger partial charge on any atom is 0.0297 e. The molecular formula is C26H32N2. The Labute approximate surface area is 170 Å². The SMILES string of the molecule is Cc1cc(C(C)NCc2ccccc2)c(C)cc1C(C)NCc1ccccc1. The van der Waals surface area contributed by atoms with Crippen LogP contribution in [-0.2, 0) is 13.1 Å². The highest BCUT2D eigenvalue weighted by atomic mass is 14.9. The van der Waals surface area contributed by atoms with Crippen molar-refractivity contribution in [3.63, 3.8) is 0 Å². The van der Waals surface area contributed by atoms with Crippen LogP contribution in [-0.4, -0.2) is 0 Å². The van der Waals surface area contributed by atoms with Crippen molar-refractivity contribution in [1.29, 1.82) is 0 Å². The first kappa shape index (κ1) is 20.3. The number of nitrogens with one attached hydrogen (secondary N) is 2. The summed E-state index contributed by atoms with van der Waals surface area (Å²) in [7, 11) is 0. The predicted octanol–water partition coefficient (Wildman–Crippen LogP) is 6.01. The molecule has 0 bridgehead atoms. The standard InChI is InChI=1S/C26H32N2/c1-19-15-26(22(4)28-18-24-13-9-6-10-14-24)20(2)16-25(19)21(3)27-17-23-11-7-5-8-12-23/h5-16,21-22,27-28H,17-18H2,1-4H3. The van der Waals surface area contributed by atoms with E-state index in [1.54, 1.807) is 0 Å². The zero-order valence-corrected chi connectivity index (χ0v) is 17.5. The number of aryl methyl sites for hydroxylation is 2. The van der Waals surface area contributed by atoms with Crippen molar-refractivity contribution in [3.05, 3.63) is 106 Å². The largest absolute Gasteiger partial charge is 0.306 e. The molecule has 0 saturated carbocycles.